The first kappa shape index (κ1) is 25.6. The summed E-state index contributed by atoms with van der Waals surface area (Å²) in [4.78, 5) is 19.1. The van der Waals surface area contributed by atoms with E-state index in [1.54, 1.807) is 13.3 Å². The molecule has 0 amide bonds. The van der Waals surface area contributed by atoms with Crippen LogP contribution in [0.5, 0.6) is 5.75 Å². The third-order valence-electron chi connectivity index (χ3n) is 7.21. The van der Waals surface area contributed by atoms with Crippen LogP contribution in [0.3, 0.4) is 0 Å². The SMILES string of the molecule is COc1c(Cl)ccc2nc(-c3ccccn3)c(C)c(Nc3cc(N4CCOCC4)cnc3N3CCOCC3)c12. The van der Waals surface area contributed by atoms with Gasteiger partial charge in [0.15, 0.2) is 5.82 Å². The fraction of sp³-hybridized carbons (Fsp3) is 0.345. The normalized spacial score (nSPS) is 16.0. The van der Waals surface area contributed by atoms with Gasteiger partial charge in [-0.2, -0.15) is 0 Å². The molecule has 0 radical (unpaired) electrons. The van der Waals surface area contributed by atoms with E-state index in [0.717, 1.165) is 76.9 Å². The standard InChI is InChI=1S/C29H31ClN6O3/c1-19-26(23-5-3-4-8-31-23)33-22-7-6-21(30)28(37-2)25(22)27(19)34-24-17-20(35-9-13-38-14-10-35)18-32-29(24)36-11-15-39-16-12-36/h3-8,17-18H,9-16H2,1-2H3,(H,33,34). The van der Waals surface area contributed by atoms with Crippen molar-refractivity contribution < 1.29 is 14.2 Å². The van der Waals surface area contributed by atoms with Gasteiger partial charge in [-0.15, -0.1) is 0 Å². The van der Waals surface area contributed by atoms with E-state index in [2.05, 4.69) is 26.2 Å². The van der Waals surface area contributed by atoms with E-state index in [4.69, 9.17) is 35.8 Å². The van der Waals surface area contributed by atoms with Crippen molar-refractivity contribution in [3.8, 4) is 17.1 Å². The lowest BCUT2D eigenvalue weighted by molar-refractivity contribution is 0.122. The van der Waals surface area contributed by atoms with Crippen LogP contribution in [0.2, 0.25) is 5.02 Å². The number of hydrogen-bond donors (Lipinski definition) is 1. The highest BCUT2D eigenvalue weighted by atomic mass is 35.5. The van der Waals surface area contributed by atoms with Crippen LogP contribution in [0.4, 0.5) is 22.9 Å². The zero-order valence-electron chi connectivity index (χ0n) is 22.1. The number of halogens is 1. The molecule has 5 heterocycles. The predicted molar refractivity (Wildman–Crippen MR) is 155 cm³/mol. The van der Waals surface area contributed by atoms with Crippen molar-refractivity contribution in [1.82, 2.24) is 15.0 Å². The summed E-state index contributed by atoms with van der Waals surface area (Å²) in [6.07, 6.45) is 3.73. The molecule has 0 spiro atoms. The minimum Gasteiger partial charge on any atom is -0.494 e. The van der Waals surface area contributed by atoms with Crippen molar-refractivity contribution in [3.63, 3.8) is 0 Å². The number of fused-ring (bicyclic) bond motifs is 1. The van der Waals surface area contributed by atoms with E-state index < -0.39 is 0 Å². The molecule has 39 heavy (non-hydrogen) atoms. The third kappa shape index (κ3) is 5.05. The van der Waals surface area contributed by atoms with Crippen LogP contribution < -0.4 is 19.9 Å². The zero-order valence-corrected chi connectivity index (χ0v) is 22.9. The first-order valence-electron chi connectivity index (χ1n) is 13.1. The van der Waals surface area contributed by atoms with Gasteiger partial charge in [-0.1, -0.05) is 17.7 Å². The van der Waals surface area contributed by atoms with Gasteiger partial charge in [0.25, 0.3) is 0 Å². The maximum absolute atomic E-state index is 6.62. The zero-order chi connectivity index (χ0) is 26.8. The van der Waals surface area contributed by atoms with Gasteiger partial charge in [0, 0.05) is 37.9 Å². The molecule has 3 aromatic heterocycles. The average molecular weight is 547 g/mol. The monoisotopic (exact) mass is 546 g/mol. The number of anilines is 4. The van der Waals surface area contributed by atoms with Crippen LogP contribution in [0, 0.1) is 6.92 Å². The second kappa shape index (κ2) is 11.2. The van der Waals surface area contributed by atoms with Crippen LogP contribution in [0.15, 0.2) is 48.8 Å². The van der Waals surface area contributed by atoms with Gasteiger partial charge >= 0.3 is 0 Å². The molecule has 2 aliphatic heterocycles. The topological polar surface area (TPSA) is 84.9 Å². The Morgan fingerprint density at radius 3 is 2.38 bits per heavy atom. The van der Waals surface area contributed by atoms with Gasteiger partial charge in [0.05, 0.1) is 84.1 Å². The quantitative estimate of drug-likeness (QED) is 0.356. The number of nitrogens with one attached hydrogen (secondary N) is 1. The number of aromatic nitrogens is 3. The van der Waals surface area contributed by atoms with E-state index in [1.807, 2.05) is 43.5 Å². The second-order valence-electron chi connectivity index (χ2n) is 9.54. The van der Waals surface area contributed by atoms with Crippen LogP contribution in [-0.4, -0.2) is 74.7 Å². The van der Waals surface area contributed by atoms with Gasteiger partial charge in [0.1, 0.15) is 5.75 Å². The maximum atomic E-state index is 6.62. The molecule has 2 saturated heterocycles. The maximum Gasteiger partial charge on any atom is 0.152 e. The summed E-state index contributed by atoms with van der Waals surface area (Å²) in [5, 5.41) is 5.10. The largest absolute Gasteiger partial charge is 0.494 e. The molecule has 1 aromatic carbocycles. The Bertz CT molecular complexity index is 1470. The highest BCUT2D eigenvalue weighted by molar-refractivity contribution is 6.33. The fourth-order valence-corrected chi connectivity index (χ4v) is 5.43. The Hall–Kier alpha value is -3.66. The van der Waals surface area contributed by atoms with Gasteiger partial charge in [0.2, 0.25) is 0 Å². The Balaban J connectivity index is 1.54. The smallest absolute Gasteiger partial charge is 0.152 e. The summed E-state index contributed by atoms with van der Waals surface area (Å²) < 4.78 is 17.0. The minimum absolute atomic E-state index is 0.522. The first-order valence-corrected chi connectivity index (χ1v) is 13.5. The van der Waals surface area contributed by atoms with Crippen molar-refractivity contribution in [3.05, 3.63) is 59.4 Å². The molecule has 2 aliphatic rings. The summed E-state index contributed by atoms with van der Waals surface area (Å²) in [5.74, 6) is 1.45. The number of rotatable bonds is 6. The van der Waals surface area contributed by atoms with Crippen molar-refractivity contribution in [1.29, 1.82) is 0 Å². The molecule has 0 unspecified atom stereocenters. The van der Waals surface area contributed by atoms with E-state index in [-0.39, 0.29) is 0 Å². The minimum atomic E-state index is 0.522. The van der Waals surface area contributed by atoms with E-state index in [9.17, 15) is 0 Å². The van der Waals surface area contributed by atoms with Crippen LogP contribution in [0.25, 0.3) is 22.3 Å². The molecule has 4 aromatic rings. The predicted octanol–water partition coefficient (Wildman–Crippen LogP) is 5.08. The molecule has 202 valence electrons. The van der Waals surface area contributed by atoms with Crippen molar-refractivity contribution in [2.24, 2.45) is 0 Å². The van der Waals surface area contributed by atoms with E-state index in [0.29, 0.717) is 37.2 Å². The Morgan fingerprint density at radius 1 is 0.949 bits per heavy atom. The van der Waals surface area contributed by atoms with Crippen LogP contribution in [-0.2, 0) is 9.47 Å². The number of pyridine rings is 3. The van der Waals surface area contributed by atoms with Crippen LogP contribution in [0.1, 0.15) is 5.56 Å². The second-order valence-corrected chi connectivity index (χ2v) is 9.95. The molecule has 0 bridgehead atoms. The van der Waals surface area contributed by atoms with Gasteiger partial charge in [-0.05, 0) is 37.3 Å². The lowest BCUT2D eigenvalue weighted by Crippen LogP contribution is -2.38. The molecule has 2 fully saturated rings. The number of benzene rings is 1. The molecule has 0 aliphatic carbocycles. The Labute approximate surface area is 232 Å². The molecule has 10 heteroatoms. The molecule has 1 N–H and O–H groups in total. The summed E-state index contributed by atoms with van der Waals surface area (Å²) in [6, 6.07) is 11.7. The van der Waals surface area contributed by atoms with Gasteiger partial charge < -0.3 is 29.3 Å². The lowest BCUT2D eigenvalue weighted by Gasteiger charge is -2.32. The average Bonchev–Trinajstić information content (AvgIpc) is 3.00. The summed E-state index contributed by atoms with van der Waals surface area (Å²) in [7, 11) is 1.63. The number of nitrogens with zero attached hydrogens (tertiary/aromatic N) is 5. The van der Waals surface area contributed by atoms with E-state index in [1.165, 1.54) is 0 Å². The lowest BCUT2D eigenvalue weighted by atomic mass is 10.0. The molecule has 6 rings (SSSR count). The highest BCUT2D eigenvalue weighted by Crippen LogP contribution is 2.44. The van der Waals surface area contributed by atoms with Crippen molar-refractivity contribution >= 4 is 45.4 Å². The van der Waals surface area contributed by atoms with Crippen LogP contribution >= 0.6 is 11.6 Å². The molecule has 9 nitrogen and oxygen atoms in total. The number of methoxy groups -OCH3 is 1. The molecule has 0 atom stereocenters. The van der Waals surface area contributed by atoms with Gasteiger partial charge in [-0.25, -0.2) is 9.97 Å². The summed E-state index contributed by atoms with van der Waals surface area (Å²) in [6.45, 7) is 7.95. The summed E-state index contributed by atoms with van der Waals surface area (Å²) >= 11 is 6.62. The molecule has 0 saturated carbocycles. The van der Waals surface area contributed by atoms with Crippen molar-refractivity contribution in [2.45, 2.75) is 6.92 Å². The number of morpholine rings is 2. The number of ether oxygens (including phenoxy) is 3. The Kier molecular flexibility index (Phi) is 7.36. The Morgan fingerprint density at radius 2 is 1.69 bits per heavy atom. The fourth-order valence-electron chi connectivity index (χ4n) is 5.19. The third-order valence-corrected chi connectivity index (χ3v) is 7.51. The molecular weight excluding hydrogens is 516 g/mol. The first-order chi connectivity index (χ1) is 19.1. The van der Waals surface area contributed by atoms with Crippen molar-refractivity contribution in [2.75, 3.05) is 74.8 Å². The van der Waals surface area contributed by atoms with Gasteiger partial charge in [-0.3, -0.25) is 4.98 Å². The highest BCUT2D eigenvalue weighted by Gasteiger charge is 2.24. The summed E-state index contributed by atoms with van der Waals surface area (Å²) in [5.41, 5.74) is 6.08. The number of hydrogen-bond acceptors (Lipinski definition) is 9. The molecular formula is C29H31ClN6O3. The van der Waals surface area contributed by atoms with E-state index >= 15 is 0 Å².